The zero-order valence-electron chi connectivity index (χ0n) is 21.0. The molecule has 0 aromatic rings. The molecule has 0 spiro atoms. The van der Waals surface area contributed by atoms with E-state index in [9.17, 15) is 0 Å². The van der Waals surface area contributed by atoms with Gasteiger partial charge in [-0.3, -0.25) is 0 Å². The molecule has 0 atom stereocenters. The van der Waals surface area contributed by atoms with Crippen molar-refractivity contribution in [3.05, 3.63) is 0 Å². The van der Waals surface area contributed by atoms with Crippen LogP contribution in [0, 0.1) is 0 Å². The van der Waals surface area contributed by atoms with Crippen LogP contribution in [0.15, 0.2) is 0 Å². The molecular formula is C23H54O4Si2. The van der Waals surface area contributed by atoms with Gasteiger partial charge in [-0.25, -0.2) is 0 Å². The van der Waals surface area contributed by atoms with Gasteiger partial charge in [0.1, 0.15) is 0 Å². The first-order chi connectivity index (χ1) is 14.1. The van der Waals surface area contributed by atoms with E-state index in [1.54, 1.807) is 0 Å². The molecule has 0 rings (SSSR count). The molecule has 0 saturated heterocycles. The maximum absolute atomic E-state index is 6.05. The molecule has 0 fully saturated rings. The number of rotatable bonds is 20. The van der Waals surface area contributed by atoms with Crippen LogP contribution >= 0.6 is 0 Å². The highest BCUT2D eigenvalue weighted by atomic mass is 28.4. The maximum atomic E-state index is 6.05. The van der Waals surface area contributed by atoms with Crippen molar-refractivity contribution in [2.45, 2.75) is 130 Å². The van der Waals surface area contributed by atoms with Crippen LogP contribution in [0.1, 0.15) is 112 Å². The molecule has 0 aliphatic heterocycles. The number of hydrogen-bond acceptors (Lipinski definition) is 4. The van der Waals surface area contributed by atoms with E-state index in [1.807, 2.05) is 14.0 Å². The van der Waals surface area contributed by atoms with E-state index < -0.39 is 18.6 Å². The first-order valence-electron chi connectivity index (χ1n) is 12.5. The molecule has 0 N–H and O–H groups in total. The van der Waals surface area contributed by atoms with Crippen LogP contribution < -0.4 is 0 Å². The summed E-state index contributed by atoms with van der Waals surface area (Å²) in [5.74, 6) is 0. The summed E-state index contributed by atoms with van der Waals surface area (Å²) in [5, 5.41) is 0. The maximum Gasteiger partial charge on any atom is 0.337 e. The Labute approximate surface area is 187 Å². The van der Waals surface area contributed by atoms with Gasteiger partial charge in [0.15, 0.2) is 0 Å². The van der Waals surface area contributed by atoms with E-state index in [0.717, 1.165) is 19.6 Å². The van der Waals surface area contributed by atoms with Crippen molar-refractivity contribution in [2.24, 2.45) is 0 Å². The van der Waals surface area contributed by atoms with E-state index in [2.05, 4.69) is 34.6 Å². The minimum atomic E-state index is -1.83. The summed E-state index contributed by atoms with van der Waals surface area (Å²) in [4.78, 5) is 0. The van der Waals surface area contributed by atoms with Gasteiger partial charge in [-0.2, -0.15) is 0 Å². The van der Waals surface area contributed by atoms with Gasteiger partial charge in [0.2, 0.25) is 0 Å². The first-order valence-corrected chi connectivity index (χ1v) is 15.9. The summed E-state index contributed by atoms with van der Waals surface area (Å²) in [6.07, 6.45) is 14.1. The lowest BCUT2D eigenvalue weighted by Crippen LogP contribution is -2.41. The number of unbranched alkanes of at least 4 members (excludes halogenated alkanes) is 4. The fourth-order valence-electron chi connectivity index (χ4n) is 3.11. The quantitative estimate of drug-likeness (QED) is 0.149. The fourth-order valence-corrected chi connectivity index (χ4v) is 7.33. The third-order valence-electron chi connectivity index (χ3n) is 5.11. The zero-order chi connectivity index (χ0) is 22.2. The SMILES string of the molecule is CCCCC(CCCC)O[SiH2]OCC.CCCC[Si](CCCC)(OC)OCCC. The van der Waals surface area contributed by atoms with E-state index in [4.69, 9.17) is 17.7 Å². The summed E-state index contributed by atoms with van der Waals surface area (Å²) < 4.78 is 23.0. The molecule has 4 nitrogen and oxygen atoms in total. The lowest BCUT2D eigenvalue weighted by Gasteiger charge is -2.29. The Kier molecular flexibility index (Phi) is 26.6. The summed E-state index contributed by atoms with van der Waals surface area (Å²) in [7, 11) is -0.684. The Morgan fingerprint density at radius 3 is 1.62 bits per heavy atom. The van der Waals surface area contributed by atoms with Crippen LogP contribution in [0.5, 0.6) is 0 Å². The largest absolute Gasteiger partial charge is 0.399 e. The predicted molar refractivity (Wildman–Crippen MR) is 133 cm³/mol. The molecule has 29 heavy (non-hydrogen) atoms. The van der Waals surface area contributed by atoms with E-state index in [1.165, 1.54) is 76.3 Å². The van der Waals surface area contributed by atoms with Crippen LogP contribution in [0.25, 0.3) is 0 Å². The molecule has 6 heteroatoms. The van der Waals surface area contributed by atoms with Crippen molar-refractivity contribution in [1.82, 2.24) is 0 Å². The third kappa shape index (κ3) is 20.0. The second-order valence-electron chi connectivity index (χ2n) is 7.85. The highest BCUT2D eigenvalue weighted by Gasteiger charge is 2.34. The van der Waals surface area contributed by atoms with Crippen molar-refractivity contribution >= 4 is 18.6 Å². The summed E-state index contributed by atoms with van der Waals surface area (Å²) in [5.41, 5.74) is 0. The third-order valence-corrected chi connectivity index (χ3v) is 10.0. The number of hydrogen-bond donors (Lipinski definition) is 0. The van der Waals surface area contributed by atoms with Crippen LogP contribution in [-0.4, -0.2) is 45.0 Å². The fraction of sp³-hybridized carbons (Fsp3) is 1.00. The first kappa shape index (κ1) is 31.5. The van der Waals surface area contributed by atoms with Gasteiger partial charge in [-0.15, -0.1) is 0 Å². The lowest BCUT2D eigenvalue weighted by atomic mass is 10.1. The molecule has 0 radical (unpaired) electrons. The Morgan fingerprint density at radius 1 is 0.724 bits per heavy atom. The van der Waals surface area contributed by atoms with E-state index >= 15 is 0 Å². The van der Waals surface area contributed by atoms with Crippen LogP contribution in [0.2, 0.25) is 12.1 Å². The summed E-state index contributed by atoms with van der Waals surface area (Å²) in [6.45, 7) is 14.8. The molecule has 0 aliphatic rings. The standard InChI is InChI=1S/C12H28O2Si.C11H26O2Si/c1-5-8-11-15(13-4,12-9-6-2)14-10-7-3;1-4-7-9-11(10-8-5-2)13-14-12-6-3/h5-12H2,1-4H3;11H,4-10,14H2,1-3H3. The average molecular weight is 451 g/mol. The molecule has 0 unspecified atom stereocenters. The van der Waals surface area contributed by atoms with Gasteiger partial charge >= 0.3 is 18.6 Å². The molecule has 178 valence electrons. The minimum absolute atomic E-state index is 0.480. The molecule has 0 aromatic heterocycles. The van der Waals surface area contributed by atoms with Gasteiger partial charge in [-0.1, -0.05) is 86.0 Å². The minimum Gasteiger partial charge on any atom is -0.399 e. The summed E-state index contributed by atoms with van der Waals surface area (Å²) in [6, 6.07) is 2.33. The molecule has 0 amide bonds. The van der Waals surface area contributed by atoms with Crippen molar-refractivity contribution in [3.8, 4) is 0 Å². The predicted octanol–water partition coefficient (Wildman–Crippen LogP) is 6.89. The monoisotopic (exact) mass is 450 g/mol. The molecular weight excluding hydrogens is 396 g/mol. The Morgan fingerprint density at radius 2 is 1.24 bits per heavy atom. The van der Waals surface area contributed by atoms with Crippen LogP contribution in [0.4, 0.5) is 0 Å². The highest BCUT2D eigenvalue weighted by Crippen LogP contribution is 2.24. The molecule has 0 aliphatic carbocycles. The lowest BCUT2D eigenvalue weighted by molar-refractivity contribution is 0.139. The smallest absolute Gasteiger partial charge is 0.337 e. The molecule has 0 saturated carbocycles. The van der Waals surface area contributed by atoms with Gasteiger partial charge in [0, 0.05) is 26.4 Å². The van der Waals surface area contributed by atoms with Crippen LogP contribution in [-0.2, 0) is 17.7 Å². The molecule has 0 aromatic carbocycles. The average Bonchev–Trinajstić information content (AvgIpc) is 2.75. The van der Waals surface area contributed by atoms with Gasteiger partial charge in [-0.05, 0) is 38.3 Å². The van der Waals surface area contributed by atoms with Crippen LogP contribution in [0.3, 0.4) is 0 Å². The normalized spacial score (nSPS) is 12.0. The second-order valence-corrected chi connectivity index (χ2v) is 12.3. The summed E-state index contributed by atoms with van der Waals surface area (Å²) >= 11 is 0. The zero-order valence-corrected chi connectivity index (χ0v) is 23.4. The van der Waals surface area contributed by atoms with Crippen molar-refractivity contribution < 1.29 is 17.7 Å². The van der Waals surface area contributed by atoms with Gasteiger partial charge < -0.3 is 17.7 Å². The van der Waals surface area contributed by atoms with E-state index in [0.29, 0.717) is 6.10 Å². The van der Waals surface area contributed by atoms with Crippen molar-refractivity contribution in [2.75, 3.05) is 20.3 Å². The van der Waals surface area contributed by atoms with Gasteiger partial charge in [0.05, 0.1) is 0 Å². The van der Waals surface area contributed by atoms with Crippen molar-refractivity contribution in [3.63, 3.8) is 0 Å². The molecule has 0 bridgehead atoms. The Bertz CT molecular complexity index is 277. The van der Waals surface area contributed by atoms with Gasteiger partial charge in [0.25, 0.3) is 0 Å². The second kappa shape index (κ2) is 24.5. The Hall–Kier alpha value is 0.274. The Balaban J connectivity index is 0. The van der Waals surface area contributed by atoms with Crippen molar-refractivity contribution in [1.29, 1.82) is 0 Å². The topological polar surface area (TPSA) is 36.9 Å². The highest BCUT2D eigenvalue weighted by molar-refractivity contribution is 6.67. The molecule has 0 heterocycles. The van der Waals surface area contributed by atoms with E-state index in [-0.39, 0.29) is 0 Å².